The summed E-state index contributed by atoms with van der Waals surface area (Å²) >= 11 is 0. The average Bonchev–Trinajstić information content (AvgIpc) is 3.61. The first-order valence-corrected chi connectivity index (χ1v) is 11.2. The van der Waals surface area contributed by atoms with Crippen LogP contribution in [-0.4, -0.2) is 47.2 Å². The molecule has 0 radical (unpaired) electrons. The summed E-state index contributed by atoms with van der Waals surface area (Å²) in [6, 6.07) is 11.3. The fourth-order valence-corrected chi connectivity index (χ4v) is 3.56. The van der Waals surface area contributed by atoms with E-state index in [1.54, 1.807) is 51.2 Å². The predicted molar refractivity (Wildman–Crippen MR) is 132 cm³/mol. The molecule has 0 unspecified atom stereocenters. The number of hydrazone groups is 1. The van der Waals surface area contributed by atoms with Gasteiger partial charge in [0.15, 0.2) is 5.69 Å². The van der Waals surface area contributed by atoms with Crippen LogP contribution >= 0.6 is 0 Å². The molecule has 0 fully saturated rings. The van der Waals surface area contributed by atoms with Gasteiger partial charge in [0.05, 0.1) is 10.6 Å². The molecule has 1 aromatic carbocycles. The maximum atomic E-state index is 12.5. The van der Waals surface area contributed by atoms with E-state index in [9.17, 15) is 19.7 Å². The zero-order valence-electron chi connectivity index (χ0n) is 20.6. The number of rotatable bonds is 10. The van der Waals surface area contributed by atoms with Gasteiger partial charge in [-0.3, -0.25) is 19.6 Å². The van der Waals surface area contributed by atoms with Crippen molar-refractivity contribution < 1.29 is 28.8 Å². The number of ether oxygens (including phenoxy) is 1. The second-order valence-electron chi connectivity index (χ2n) is 8.18. The first-order valence-electron chi connectivity index (χ1n) is 11.2. The summed E-state index contributed by atoms with van der Waals surface area (Å²) in [5, 5.41) is 32.6. The number of nitro groups is 1. The zero-order chi connectivity index (χ0) is 27.4. The lowest BCUT2D eigenvalue weighted by Gasteiger charge is -2.06. The van der Waals surface area contributed by atoms with E-state index in [0.29, 0.717) is 28.6 Å². The van der Waals surface area contributed by atoms with Gasteiger partial charge in [-0.15, -0.1) is 0 Å². The number of carbonyl (C=O) groups is 2. The number of amides is 1. The molecule has 4 aromatic rings. The van der Waals surface area contributed by atoms with Gasteiger partial charge in [-0.05, 0) is 68.8 Å². The van der Waals surface area contributed by atoms with E-state index < -0.39 is 16.8 Å². The number of hydrogen-bond acceptors (Lipinski definition) is 9. The standard InChI is InChI=1S/C24H23N7O7/c1-14(17-4-6-18(7-5-17)37-12-19-8-9-21(38-19)24(33)34)25-26-23(32)20-10-11-29(28-20)13-30-16(3)22(31(35)36)15(2)27-30/h4-11H,12-13H2,1-3H3,(H,26,32)(H,33,34). The first-order chi connectivity index (χ1) is 18.1. The van der Waals surface area contributed by atoms with Crippen LogP contribution in [0.2, 0.25) is 0 Å². The lowest BCUT2D eigenvalue weighted by atomic mass is 10.1. The van der Waals surface area contributed by atoms with Crippen molar-refractivity contribution in [2.24, 2.45) is 5.10 Å². The Morgan fingerprint density at radius 3 is 2.53 bits per heavy atom. The van der Waals surface area contributed by atoms with E-state index in [-0.39, 0.29) is 30.4 Å². The fraction of sp³-hybridized carbons (Fsp3) is 0.208. The number of nitrogens with one attached hydrogen (secondary N) is 1. The van der Waals surface area contributed by atoms with Crippen LogP contribution in [0.25, 0.3) is 0 Å². The summed E-state index contributed by atoms with van der Waals surface area (Å²) in [7, 11) is 0. The molecule has 0 aliphatic heterocycles. The molecule has 3 aromatic heterocycles. The highest BCUT2D eigenvalue weighted by Crippen LogP contribution is 2.21. The van der Waals surface area contributed by atoms with E-state index >= 15 is 0 Å². The summed E-state index contributed by atoms with van der Waals surface area (Å²) in [5.41, 5.74) is 4.49. The maximum absolute atomic E-state index is 12.5. The van der Waals surface area contributed by atoms with E-state index in [1.165, 1.54) is 27.6 Å². The van der Waals surface area contributed by atoms with Crippen LogP contribution in [0, 0.1) is 24.0 Å². The summed E-state index contributed by atoms with van der Waals surface area (Å²) in [6.45, 7) is 5.05. The van der Waals surface area contributed by atoms with Crippen molar-refractivity contribution in [1.82, 2.24) is 25.0 Å². The molecule has 0 saturated carbocycles. The van der Waals surface area contributed by atoms with Crippen molar-refractivity contribution in [1.29, 1.82) is 0 Å². The Labute approximate surface area is 215 Å². The van der Waals surface area contributed by atoms with Crippen molar-refractivity contribution >= 4 is 23.3 Å². The third kappa shape index (κ3) is 5.75. The monoisotopic (exact) mass is 521 g/mol. The van der Waals surface area contributed by atoms with Crippen LogP contribution in [0.3, 0.4) is 0 Å². The summed E-state index contributed by atoms with van der Waals surface area (Å²) < 4.78 is 13.6. The molecule has 14 nitrogen and oxygen atoms in total. The molecule has 196 valence electrons. The maximum Gasteiger partial charge on any atom is 0.371 e. The molecule has 0 bridgehead atoms. The second-order valence-corrected chi connectivity index (χ2v) is 8.18. The third-order valence-corrected chi connectivity index (χ3v) is 5.53. The topological polar surface area (TPSA) is 180 Å². The number of aromatic carboxylic acids is 1. The second kappa shape index (κ2) is 10.8. The lowest BCUT2D eigenvalue weighted by Crippen LogP contribution is -2.20. The number of nitrogens with zero attached hydrogens (tertiary/aromatic N) is 6. The van der Waals surface area contributed by atoms with Crippen LogP contribution in [0.5, 0.6) is 5.75 Å². The summed E-state index contributed by atoms with van der Waals surface area (Å²) in [6.07, 6.45) is 1.57. The summed E-state index contributed by atoms with van der Waals surface area (Å²) in [5.74, 6) is -0.915. The first kappa shape index (κ1) is 25.8. The smallest absolute Gasteiger partial charge is 0.371 e. The van der Waals surface area contributed by atoms with Gasteiger partial charge in [-0.25, -0.2) is 14.9 Å². The van der Waals surface area contributed by atoms with Crippen molar-refractivity contribution in [3.8, 4) is 5.75 Å². The minimum atomic E-state index is -1.15. The highest BCUT2D eigenvalue weighted by atomic mass is 16.6. The number of aromatic nitrogens is 4. The molecule has 0 aliphatic carbocycles. The largest absolute Gasteiger partial charge is 0.486 e. The van der Waals surface area contributed by atoms with Crippen molar-refractivity contribution in [3.63, 3.8) is 0 Å². The van der Waals surface area contributed by atoms with Gasteiger partial charge in [-0.2, -0.15) is 15.3 Å². The van der Waals surface area contributed by atoms with Crippen LogP contribution in [-0.2, 0) is 13.3 Å². The Bertz CT molecular complexity index is 1530. The number of furan rings is 1. The zero-order valence-corrected chi connectivity index (χ0v) is 20.6. The van der Waals surface area contributed by atoms with Crippen molar-refractivity contribution in [2.45, 2.75) is 34.0 Å². The molecule has 0 aliphatic rings. The molecular weight excluding hydrogens is 498 g/mol. The Balaban J connectivity index is 1.33. The normalized spacial score (nSPS) is 11.4. The Kier molecular flexibility index (Phi) is 7.32. The van der Waals surface area contributed by atoms with Gasteiger partial charge in [0.1, 0.15) is 36.2 Å². The quantitative estimate of drug-likeness (QED) is 0.180. The minimum Gasteiger partial charge on any atom is -0.486 e. The van der Waals surface area contributed by atoms with E-state index in [1.807, 2.05) is 0 Å². The highest BCUT2D eigenvalue weighted by Gasteiger charge is 2.22. The van der Waals surface area contributed by atoms with E-state index in [0.717, 1.165) is 5.56 Å². The van der Waals surface area contributed by atoms with Crippen LogP contribution in [0.15, 0.2) is 58.2 Å². The number of hydrogen-bond donors (Lipinski definition) is 2. The van der Waals surface area contributed by atoms with Crippen molar-refractivity contribution in [3.05, 3.63) is 92.9 Å². The number of carboxylic acid groups (broad SMARTS) is 1. The highest BCUT2D eigenvalue weighted by molar-refractivity contribution is 6.00. The van der Waals surface area contributed by atoms with Crippen molar-refractivity contribution in [2.75, 3.05) is 0 Å². The Morgan fingerprint density at radius 2 is 1.89 bits per heavy atom. The number of benzene rings is 1. The minimum absolute atomic E-state index is 0.0496. The summed E-state index contributed by atoms with van der Waals surface area (Å²) in [4.78, 5) is 34.1. The van der Waals surface area contributed by atoms with E-state index in [4.69, 9.17) is 14.3 Å². The van der Waals surface area contributed by atoms with Gasteiger partial charge >= 0.3 is 11.7 Å². The molecule has 38 heavy (non-hydrogen) atoms. The van der Waals surface area contributed by atoms with E-state index in [2.05, 4.69) is 20.7 Å². The predicted octanol–water partition coefficient (Wildman–Crippen LogP) is 3.13. The Morgan fingerprint density at radius 1 is 1.16 bits per heavy atom. The van der Waals surface area contributed by atoms with Gasteiger partial charge < -0.3 is 14.3 Å². The molecule has 14 heteroatoms. The molecule has 3 heterocycles. The molecule has 0 saturated heterocycles. The van der Waals surface area contributed by atoms with Gasteiger partial charge in [0.25, 0.3) is 5.91 Å². The van der Waals surface area contributed by atoms with Gasteiger partial charge in [0.2, 0.25) is 5.76 Å². The third-order valence-electron chi connectivity index (χ3n) is 5.53. The number of carboxylic acids is 1. The van der Waals surface area contributed by atoms with Gasteiger partial charge in [-0.1, -0.05) is 0 Å². The molecular formula is C24H23N7O7. The van der Waals surface area contributed by atoms with Crippen LogP contribution in [0.4, 0.5) is 5.69 Å². The number of aryl methyl sites for hydroxylation is 1. The molecule has 4 rings (SSSR count). The molecule has 0 atom stereocenters. The van der Waals surface area contributed by atoms with Gasteiger partial charge in [0, 0.05) is 6.20 Å². The average molecular weight is 521 g/mol. The molecule has 2 N–H and O–H groups in total. The SMILES string of the molecule is CC(=NNC(=O)c1ccn(Cn2nc(C)c([N+](=O)[O-])c2C)n1)c1ccc(OCc2ccc(C(=O)O)o2)cc1. The molecule has 0 spiro atoms. The van der Waals surface area contributed by atoms with Crippen LogP contribution in [0.1, 0.15) is 50.7 Å². The Hall–Kier alpha value is -5.27. The molecule has 1 amide bonds. The lowest BCUT2D eigenvalue weighted by molar-refractivity contribution is -0.386. The number of carbonyl (C=O) groups excluding carboxylic acids is 1. The van der Waals surface area contributed by atoms with Crippen LogP contribution < -0.4 is 10.2 Å². The fourth-order valence-electron chi connectivity index (χ4n) is 3.56.